The number of aromatic nitrogens is 3. The van der Waals surface area contributed by atoms with E-state index in [4.69, 9.17) is 4.74 Å². The van der Waals surface area contributed by atoms with Crippen LogP contribution >= 0.6 is 0 Å². The van der Waals surface area contributed by atoms with Gasteiger partial charge < -0.3 is 9.30 Å². The Kier molecular flexibility index (Phi) is 5.05. The summed E-state index contributed by atoms with van der Waals surface area (Å²) in [5.74, 6) is -1.02. The second-order valence-corrected chi connectivity index (χ2v) is 7.78. The molecule has 156 valence electrons. The highest BCUT2D eigenvalue weighted by molar-refractivity contribution is 5.99. The van der Waals surface area contributed by atoms with E-state index in [1.54, 1.807) is 25.3 Å². The highest BCUT2D eigenvalue weighted by Gasteiger charge is 2.25. The summed E-state index contributed by atoms with van der Waals surface area (Å²) < 4.78 is 36.3. The molecule has 5 nitrogen and oxygen atoms in total. The molecule has 2 heterocycles. The number of fused-ring (bicyclic) bond motifs is 2. The lowest BCUT2D eigenvalue weighted by Gasteiger charge is -2.16. The number of hydrogen-bond donors (Lipinski definition) is 1. The molecule has 0 aliphatic carbocycles. The van der Waals surface area contributed by atoms with E-state index in [1.807, 2.05) is 24.5 Å². The summed E-state index contributed by atoms with van der Waals surface area (Å²) in [7, 11) is 1.34. The van der Waals surface area contributed by atoms with Crippen LogP contribution in [0.3, 0.4) is 0 Å². The summed E-state index contributed by atoms with van der Waals surface area (Å²) in [6.45, 7) is 5.74. The molecule has 4 aromatic rings. The molecule has 0 spiro atoms. The van der Waals surface area contributed by atoms with E-state index >= 15 is 4.39 Å². The Morgan fingerprint density at radius 2 is 2.03 bits per heavy atom. The number of ether oxygens (including phenoxy) is 1. The Morgan fingerprint density at radius 1 is 1.27 bits per heavy atom. The molecule has 1 N–H and O–H groups in total. The number of H-pyrrole nitrogens is 1. The average molecular weight is 411 g/mol. The Hall–Kier alpha value is -3.22. The molecule has 0 radical (unpaired) electrons. The van der Waals surface area contributed by atoms with Crippen molar-refractivity contribution in [3.63, 3.8) is 0 Å². The second-order valence-electron chi connectivity index (χ2n) is 7.78. The van der Waals surface area contributed by atoms with Crippen molar-refractivity contribution in [2.45, 2.75) is 39.5 Å². The van der Waals surface area contributed by atoms with Crippen LogP contribution in [0, 0.1) is 18.6 Å². The number of methoxy groups -OCH3 is 1. The van der Waals surface area contributed by atoms with Crippen molar-refractivity contribution in [3.05, 3.63) is 58.9 Å². The van der Waals surface area contributed by atoms with E-state index < -0.39 is 5.82 Å². The molecule has 0 saturated carbocycles. The Bertz CT molecular complexity index is 1270. The zero-order chi connectivity index (χ0) is 21.6. The first-order chi connectivity index (χ1) is 14.3. The number of hydrogen-bond acceptors (Lipinski definition) is 3. The topological polar surface area (TPSA) is 59.9 Å². The van der Waals surface area contributed by atoms with Gasteiger partial charge in [-0.25, -0.2) is 8.78 Å². The molecule has 0 atom stereocenters. The van der Waals surface area contributed by atoms with Gasteiger partial charge in [-0.1, -0.05) is 13.8 Å². The predicted molar refractivity (Wildman–Crippen MR) is 112 cm³/mol. The normalized spacial score (nSPS) is 11.7. The van der Waals surface area contributed by atoms with Crippen LogP contribution in [-0.4, -0.2) is 27.8 Å². The zero-order valence-electron chi connectivity index (χ0n) is 17.3. The van der Waals surface area contributed by atoms with Crippen molar-refractivity contribution in [2.24, 2.45) is 0 Å². The largest absolute Gasteiger partial charge is 0.469 e. The van der Waals surface area contributed by atoms with Gasteiger partial charge in [-0.2, -0.15) is 5.10 Å². The Balaban J connectivity index is 2.10. The van der Waals surface area contributed by atoms with Gasteiger partial charge in [-0.15, -0.1) is 0 Å². The maximum absolute atomic E-state index is 15.6. The SMILES string of the molecule is COC(=O)CCc1c(C(C)C)n(-c2ccc(F)c(C)c2)c2cc3cn[nH]c3c(F)c12. The van der Waals surface area contributed by atoms with Crippen LogP contribution in [-0.2, 0) is 16.0 Å². The molecular weight excluding hydrogens is 388 g/mol. The van der Waals surface area contributed by atoms with Crippen molar-refractivity contribution in [1.29, 1.82) is 0 Å². The summed E-state index contributed by atoms with van der Waals surface area (Å²) in [6.07, 6.45) is 2.05. The fourth-order valence-electron chi connectivity index (χ4n) is 4.13. The highest BCUT2D eigenvalue weighted by Crippen LogP contribution is 2.39. The maximum Gasteiger partial charge on any atom is 0.305 e. The standard InChI is InChI=1S/C23H23F2N3O2/c1-12(2)23-16(6-8-19(29)30-4)20-18(10-14-11-26-27-22(14)21(20)25)28(23)15-5-7-17(24)13(3)9-15/h5,7,9-12H,6,8H2,1-4H3,(H,26,27). The molecule has 0 bridgehead atoms. The van der Waals surface area contributed by atoms with Crippen LogP contribution in [0.5, 0.6) is 0 Å². The minimum atomic E-state index is -0.403. The second kappa shape index (κ2) is 7.55. The van der Waals surface area contributed by atoms with Crippen molar-refractivity contribution >= 4 is 27.8 Å². The summed E-state index contributed by atoms with van der Waals surface area (Å²) in [5.41, 5.74) is 3.88. The number of carbonyl (C=O) groups is 1. The molecule has 7 heteroatoms. The van der Waals surface area contributed by atoms with E-state index in [0.29, 0.717) is 33.8 Å². The first-order valence-electron chi connectivity index (χ1n) is 9.85. The molecule has 0 aliphatic rings. The van der Waals surface area contributed by atoms with Crippen molar-refractivity contribution in [2.75, 3.05) is 7.11 Å². The van der Waals surface area contributed by atoms with Crippen molar-refractivity contribution in [3.8, 4) is 5.69 Å². The minimum Gasteiger partial charge on any atom is -0.469 e. The lowest BCUT2D eigenvalue weighted by atomic mass is 9.98. The van der Waals surface area contributed by atoms with Gasteiger partial charge in [0.1, 0.15) is 11.3 Å². The van der Waals surface area contributed by atoms with Gasteiger partial charge >= 0.3 is 5.97 Å². The Morgan fingerprint density at radius 3 is 2.70 bits per heavy atom. The number of nitrogens with one attached hydrogen (secondary N) is 1. The van der Waals surface area contributed by atoms with Gasteiger partial charge in [0.05, 0.1) is 18.8 Å². The number of aryl methyl sites for hydroxylation is 2. The number of carbonyl (C=O) groups excluding carboxylic acids is 1. The minimum absolute atomic E-state index is 0.0336. The first-order valence-corrected chi connectivity index (χ1v) is 9.85. The average Bonchev–Trinajstić information content (AvgIpc) is 3.31. The van der Waals surface area contributed by atoms with Gasteiger partial charge in [-0.3, -0.25) is 9.89 Å². The summed E-state index contributed by atoms with van der Waals surface area (Å²) in [4.78, 5) is 11.8. The van der Waals surface area contributed by atoms with Gasteiger partial charge in [0.2, 0.25) is 0 Å². The van der Waals surface area contributed by atoms with Gasteiger partial charge in [0.15, 0.2) is 5.82 Å². The summed E-state index contributed by atoms with van der Waals surface area (Å²) >= 11 is 0. The number of nitrogens with zero attached hydrogens (tertiary/aromatic N) is 2. The van der Waals surface area contributed by atoms with Crippen molar-refractivity contribution in [1.82, 2.24) is 14.8 Å². The summed E-state index contributed by atoms with van der Waals surface area (Å²) in [5, 5.41) is 7.78. The zero-order valence-corrected chi connectivity index (χ0v) is 17.3. The van der Waals surface area contributed by atoms with Gasteiger partial charge in [0, 0.05) is 28.6 Å². The lowest BCUT2D eigenvalue weighted by molar-refractivity contribution is -0.140. The molecule has 2 aromatic carbocycles. The van der Waals surface area contributed by atoms with E-state index in [1.165, 1.54) is 13.2 Å². The van der Waals surface area contributed by atoms with Crippen LogP contribution in [0.15, 0.2) is 30.5 Å². The number of esters is 1. The highest BCUT2D eigenvalue weighted by atomic mass is 19.1. The third-order valence-electron chi connectivity index (χ3n) is 5.50. The lowest BCUT2D eigenvalue weighted by Crippen LogP contribution is -2.07. The molecule has 0 unspecified atom stereocenters. The third-order valence-corrected chi connectivity index (χ3v) is 5.50. The maximum atomic E-state index is 15.6. The monoisotopic (exact) mass is 411 g/mol. The van der Waals surface area contributed by atoms with Crippen LogP contribution in [0.25, 0.3) is 27.5 Å². The van der Waals surface area contributed by atoms with E-state index in [9.17, 15) is 9.18 Å². The van der Waals surface area contributed by atoms with Crippen LogP contribution in [0.2, 0.25) is 0 Å². The molecule has 0 fully saturated rings. The number of halogens is 2. The molecule has 30 heavy (non-hydrogen) atoms. The van der Waals surface area contributed by atoms with E-state index in [0.717, 1.165) is 16.9 Å². The molecule has 0 saturated heterocycles. The van der Waals surface area contributed by atoms with Crippen LogP contribution < -0.4 is 0 Å². The molecular formula is C23H23F2N3O2. The van der Waals surface area contributed by atoms with Crippen molar-refractivity contribution < 1.29 is 18.3 Å². The summed E-state index contributed by atoms with van der Waals surface area (Å²) in [6, 6.07) is 6.74. The molecule has 2 aromatic heterocycles. The smallest absolute Gasteiger partial charge is 0.305 e. The van der Waals surface area contributed by atoms with E-state index in [-0.39, 0.29) is 24.1 Å². The predicted octanol–water partition coefficient (Wildman–Crippen LogP) is 5.32. The molecule has 0 aliphatic heterocycles. The Labute approximate surface area is 172 Å². The number of benzene rings is 2. The quantitative estimate of drug-likeness (QED) is 0.452. The fourth-order valence-corrected chi connectivity index (χ4v) is 4.13. The first kappa shape index (κ1) is 20.1. The van der Waals surface area contributed by atoms with Gasteiger partial charge in [0.25, 0.3) is 0 Å². The van der Waals surface area contributed by atoms with Crippen LogP contribution in [0.1, 0.15) is 43.0 Å². The van der Waals surface area contributed by atoms with Gasteiger partial charge in [-0.05, 0) is 54.7 Å². The fraction of sp³-hybridized carbons (Fsp3) is 0.304. The number of rotatable bonds is 5. The van der Waals surface area contributed by atoms with Crippen LogP contribution in [0.4, 0.5) is 8.78 Å². The van der Waals surface area contributed by atoms with E-state index in [2.05, 4.69) is 10.2 Å². The number of aromatic amines is 1. The molecule has 0 amide bonds. The third kappa shape index (κ3) is 3.14. The molecule has 4 rings (SSSR count).